The zero-order chi connectivity index (χ0) is 18.6. The highest BCUT2D eigenvalue weighted by molar-refractivity contribution is 8.01. The van der Waals surface area contributed by atoms with Gasteiger partial charge in [0.15, 0.2) is 5.60 Å². The molecule has 0 aromatic carbocycles. The SMILES string of the molecule is CCOC(=O)c1c(NC(=O)NCC(C)(O)C(=O)O)sc2c1CCCS2. The van der Waals surface area contributed by atoms with E-state index in [1.165, 1.54) is 11.3 Å². The molecule has 138 valence electrons. The van der Waals surface area contributed by atoms with Gasteiger partial charge in [-0.3, -0.25) is 5.32 Å². The van der Waals surface area contributed by atoms with Crippen LogP contribution in [-0.2, 0) is 16.0 Å². The number of aliphatic hydroxyl groups is 1. The Balaban J connectivity index is 2.15. The molecule has 0 saturated carbocycles. The Morgan fingerprint density at radius 2 is 2.08 bits per heavy atom. The van der Waals surface area contributed by atoms with Gasteiger partial charge in [0.2, 0.25) is 0 Å². The van der Waals surface area contributed by atoms with Crippen molar-refractivity contribution in [2.75, 3.05) is 24.2 Å². The van der Waals surface area contributed by atoms with Crippen LogP contribution in [0.1, 0.15) is 36.2 Å². The van der Waals surface area contributed by atoms with E-state index in [9.17, 15) is 19.5 Å². The van der Waals surface area contributed by atoms with Crippen molar-refractivity contribution in [2.45, 2.75) is 36.5 Å². The second-order valence-corrected chi connectivity index (χ2v) is 8.02. The Hall–Kier alpha value is -1.78. The summed E-state index contributed by atoms with van der Waals surface area (Å²) < 4.78 is 6.06. The Morgan fingerprint density at radius 3 is 2.72 bits per heavy atom. The van der Waals surface area contributed by atoms with Crippen LogP contribution >= 0.6 is 23.1 Å². The molecule has 4 N–H and O–H groups in total. The number of hydrogen-bond donors (Lipinski definition) is 4. The van der Waals surface area contributed by atoms with Crippen LogP contribution in [-0.4, -0.2) is 52.7 Å². The van der Waals surface area contributed by atoms with Gasteiger partial charge < -0.3 is 20.3 Å². The number of aliphatic carboxylic acids is 1. The zero-order valence-electron chi connectivity index (χ0n) is 13.9. The third kappa shape index (κ3) is 4.65. The van der Waals surface area contributed by atoms with E-state index in [1.54, 1.807) is 18.7 Å². The van der Waals surface area contributed by atoms with Crippen molar-refractivity contribution in [1.29, 1.82) is 0 Å². The number of urea groups is 1. The summed E-state index contributed by atoms with van der Waals surface area (Å²) >= 11 is 2.92. The first-order valence-corrected chi connectivity index (χ1v) is 9.52. The number of carbonyl (C=O) groups is 3. The first-order chi connectivity index (χ1) is 11.8. The lowest BCUT2D eigenvalue weighted by atomic mass is 10.1. The summed E-state index contributed by atoms with van der Waals surface area (Å²) in [6.07, 6.45) is 1.68. The molecule has 0 spiro atoms. The molecule has 1 atom stereocenters. The molecule has 8 nitrogen and oxygen atoms in total. The largest absolute Gasteiger partial charge is 0.479 e. The highest BCUT2D eigenvalue weighted by atomic mass is 32.2. The average molecular weight is 388 g/mol. The molecular formula is C15H20N2O6S2. The van der Waals surface area contributed by atoms with Crippen molar-refractivity contribution in [3.05, 3.63) is 11.1 Å². The van der Waals surface area contributed by atoms with Crippen molar-refractivity contribution in [3.63, 3.8) is 0 Å². The Morgan fingerprint density at radius 1 is 1.36 bits per heavy atom. The van der Waals surface area contributed by atoms with Crippen LogP contribution in [0.5, 0.6) is 0 Å². The summed E-state index contributed by atoms with van der Waals surface area (Å²) in [6, 6.07) is -0.698. The molecule has 1 unspecified atom stereocenters. The minimum atomic E-state index is -2.08. The maximum Gasteiger partial charge on any atom is 0.341 e. The van der Waals surface area contributed by atoms with Crippen LogP contribution < -0.4 is 10.6 Å². The number of rotatable bonds is 6. The number of anilines is 1. The molecule has 2 rings (SSSR count). The molecule has 0 fully saturated rings. The van der Waals surface area contributed by atoms with E-state index in [0.717, 1.165) is 35.3 Å². The number of thioether (sulfide) groups is 1. The van der Waals surface area contributed by atoms with Gasteiger partial charge in [0, 0.05) is 0 Å². The third-order valence-corrected chi connectivity index (χ3v) is 6.08. The number of esters is 1. The smallest absolute Gasteiger partial charge is 0.341 e. The van der Waals surface area contributed by atoms with Crippen LogP contribution in [0.3, 0.4) is 0 Å². The fourth-order valence-corrected chi connectivity index (χ4v) is 4.74. The van der Waals surface area contributed by atoms with E-state index in [4.69, 9.17) is 9.84 Å². The van der Waals surface area contributed by atoms with Crippen molar-refractivity contribution in [2.24, 2.45) is 0 Å². The highest BCUT2D eigenvalue weighted by Crippen LogP contribution is 2.43. The Labute approximate surface area is 152 Å². The van der Waals surface area contributed by atoms with Crippen LogP contribution in [0.15, 0.2) is 4.21 Å². The standard InChI is InChI=1S/C15H20N2O6S2/c1-3-23-11(18)9-8-5-4-6-24-12(8)25-10(9)17-14(21)16-7-15(2,22)13(19)20/h22H,3-7H2,1-2H3,(H,19,20)(H2,16,17,21). The molecule has 0 radical (unpaired) electrons. The van der Waals surface area contributed by atoms with E-state index in [0.29, 0.717) is 10.6 Å². The molecular weight excluding hydrogens is 368 g/mol. The molecule has 1 aliphatic rings. The number of nitrogens with one attached hydrogen (secondary N) is 2. The van der Waals surface area contributed by atoms with Crippen molar-refractivity contribution in [1.82, 2.24) is 5.32 Å². The summed E-state index contributed by atoms with van der Waals surface area (Å²) in [5.74, 6) is -0.985. The predicted molar refractivity (Wildman–Crippen MR) is 94.6 cm³/mol. The Bertz CT molecular complexity index is 686. The quantitative estimate of drug-likeness (QED) is 0.549. The first kappa shape index (κ1) is 19.5. The number of carbonyl (C=O) groups excluding carboxylic acids is 2. The summed E-state index contributed by atoms with van der Waals surface area (Å²) in [7, 11) is 0. The molecule has 0 aliphatic carbocycles. The van der Waals surface area contributed by atoms with Gasteiger partial charge in [0.25, 0.3) is 0 Å². The van der Waals surface area contributed by atoms with Gasteiger partial charge in [-0.2, -0.15) is 0 Å². The minimum Gasteiger partial charge on any atom is -0.479 e. The van der Waals surface area contributed by atoms with Crippen LogP contribution in [0.25, 0.3) is 0 Å². The minimum absolute atomic E-state index is 0.226. The number of hydrogen-bond acceptors (Lipinski definition) is 7. The molecule has 1 aromatic heterocycles. The monoisotopic (exact) mass is 388 g/mol. The van der Waals surface area contributed by atoms with E-state index in [-0.39, 0.29) is 6.61 Å². The van der Waals surface area contributed by atoms with Gasteiger partial charge in [-0.1, -0.05) is 0 Å². The molecule has 1 aliphatic heterocycles. The number of carboxylic acids is 1. The van der Waals surface area contributed by atoms with Gasteiger partial charge in [-0.15, -0.1) is 23.1 Å². The fraction of sp³-hybridized carbons (Fsp3) is 0.533. The van der Waals surface area contributed by atoms with E-state index < -0.39 is 30.1 Å². The number of carboxylic acid groups (broad SMARTS) is 1. The second-order valence-electron chi connectivity index (χ2n) is 5.63. The van der Waals surface area contributed by atoms with Crippen LogP contribution in [0.2, 0.25) is 0 Å². The van der Waals surface area contributed by atoms with Gasteiger partial charge in [0.05, 0.1) is 22.9 Å². The fourth-order valence-electron chi connectivity index (χ4n) is 2.18. The average Bonchev–Trinajstić information content (AvgIpc) is 2.91. The number of amides is 2. The topological polar surface area (TPSA) is 125 Å². The zero-order valence-corrected chi connectivity index (χ0v) is 15.5. The van der Waals surface area contributed by atoms with Crippen LogP contribution in [0.4, 0.5) is 9.80 Å². The first-order valence-electron chi connectivity index (χ1n) is 7.72. The summed E-state index contributed by atoms with van der Waals surface area (Å²) in [4.78, 5) is 35.2. The maximum atomic E-state index is 12.3. The van der Waals surface area contributed by atoms with E-state index >= 15 is 0 Å². The Kier molecular flexibility index (Phi) is 6.31. The summed E-state index contributed by atoms with van der Waals surface area (Å²) in [5, 5.41) is 23.7. The summed E-state index contributed by atoms with van der Waals surface area (Å²) in [6.45, 7) is 2.55. The molecule has 1 aromatic rings. The summed E-state index contributed by atoms with van der Waals surface area (Å²) in [5.41, 5.74) is -0.840. The highest BCUT2D eigenvalue weighted by Gasteiger charge is 2.31. The normalized spacial score (nSPS) is 15.6. The van der Waals surface area contributed by atoms with Gasteiger partial charge in [-0.25, -0.2) is 14.4 Å². The molecule has 25 heavy (non-hydrogen) atoms. The van der Waals surface area contributed by atoms with Crippen molar-refractivity contribution in [3.8, 4) is 0 Å². The molecule has 0 bridgehead atoms. The van der Waals surface area contributed by atoms with E-state index in [1.807, 2.05) is 0 Å². The lowest BCUT2D eigenvalue weighted by molar-refractivity contribution is -0.155. The lowest BCUT2D eigenvalue weighted by Gasteiger charge is -2.18. The van der Waals surface area contributed by atoms with Gasteiger partial charge >= 0.3 is 18.0 Å². The van der Waals surface area contributed by atoms with E-state index in [2.05, 4.69) is 10.6 Å². The van der Waals surface area contributed by atoms with Crippen molar-refractivity contribution < 1.29 is 29.3 Å². The number of thiophene rings is 1. The molecule has 2 heterocycles. The predicted octanol–water partition coefficient (Wildman–Crippen LogP) is 1.92. The maximum absolute atomic E-state index is 12.3. The molecule has 0 saturated heterocycles. The number of ether oxygens (including phenoxy) is 1. The third-order valence-electron chi connectivity index (χ3n) is 3.53. The molecule has 10 heteroatoms. The van der Waals surface area contributed by atoms with Gasteiger partial charge in [-0.05, 0) is 38.0 Å². The molecule has 2 amide bonds. The number of fused-ring (bicyclic) bond motifs is 1. The lowest BCUT2D eigenvalue weighted by Crippen LogP contribution is -2.47. The van der Waals surface area contributed by atoms with Crippen molar-refractivity contribution >= 4 is 46.1 Å². The van der Waals surface area contributed by atoms with Crippen LogP contribution in [0, 0.1) is 0 Å². The second kappa shape index (κ2) is 8.07. The van der Waals surface area contributed by atoms with Gasteiger partial charge in [0.1, 0.15) is 5.00 Å².